The summed E-state index contributed by atoms with van der Waals surface area (Å²) >= 11 is 0. The summed E-state index contributed by atoms with van der Waals surface area (Å²) in [6, 6.07) is 6.39. The maximum Gasteiger partial charge on any atom is 0.128 e. The Morgan fingerprint density at radius 1 is 1.43 bits per heavy atom. The molecular formula is C9H9O4S-. The van der Waals surface area contributed by atoms with Gasteiger partial charge in [0.2, 0.25) is 0 Å². The molecule has 0 bridgehead atoms. The van der Waals surface area contributed by atoms with Crippen LogP contribution in [0, 0.1) is 0 Å². The fourth-order valence-corrected chi connectivity index (χ4v) is 1.39. The van der Waals surface area contributed by atoms with Crippen molar-refractivity contribution in [3.8, 4) is 5.75 Å². The van der Waals surface area contributed by atoms with E-state index in [4.69, 9.17) is 4.74 Å². The molecule has 0 amide bonds. The van der Waals surface area contributed by atoms with Crippen molar-refractivity contribution in [2.24, 2.45) is 0 Å². The van der Waals surface area contributed by atoms with E-state index in [2.05, 4.69) is 0 Å². The molecule has 0 saturated carbocycles. The van der Waals surface area contributed by atoms with Crippen LogP contribution in [-0.4, -0.2) is 23.0 Å². The monoisotopic (exact) mass is 213 g/mol. The third-order valence-corrected chi connectivity index (χ3v) is 2.45. The number of hydrogen-bond donors (Lipinski definition) is 0. The SMILES string of the molecule is C[S@@](=O)c1ccc(OCC(=O)[O-])cc1. The molecule has 4 nitrogen and oxygen atoms in total. The van der Waals surface area contributed by atoms with Crippen LogP contribution in [0.4, 0.5) is 0 Å². The zero-order valence-electron chi connectivity index (χ0n) is 7.56. The standard InChI is InChI=1S/C9H10O4S/c1-14(12)8-4-2-7(3-5-8)13-6-9(10)11/h2-5H,6H2,1H3,(H,10,11)/p-1/t14-/m1/s1. The van der Waals surface area contributed by atoms with Crippen LogP contribution >= 0.6 is 0 Å². The second-order valence-corrected chi connectivity index (χ2v) is 3.97. The predicted molar refractivity (Wildman–Crippen MR) is 49.3 cm³/mol. The maximum absolute atomic E-state index is 11.0. The zero-order valence-corrected chi connectivity index (χ0v) is 8.37. The normalized spacial score (nSPS) is 12.1. The lowest BCUT2D eigenvalue weighted by atomic mass is 10.3. The smallest absolute Gasteiger partial charge is 0.128 e. The van der Waals surface area contributed by atoms with Crippen molar-refractivity contribution in [2.75, 3.05) is 12.9 Å². The Labute approximate surface area is 84.0 Å². The Bertz CT molecular complexity index is 344. The minimum absolute atomic E-state index is 0.420. The molecule has 1 aromatic carbocycles. The molecule has 0 radical (unpaired) electrons. The van der Waals surface area contributed by atoms with Gasteiger partial charge in [0.25, 0.3) is 0 Å². The Balaban J connectivity index is 2.64. The molecule has 0 fully saturated rings. The molecule has 1 atom stereocenters. The number of carboxylic acids is 1. The van der Waals surface area contributed by atoms with Gasteiger partial charge in [-0.05, 0) is 24.3 Å². The average Bonchev–Trinajstić information content (AvgIpc) is 2.15. The van der Waals surface area contributed by atoms with Crippen LogP contribution < -0.4 is 9.84 Å². The molecule has 14 heavy (non-hydrogen) atoms. The highest BCUT2D eigenvalue weighted by Gasteiger charge is 1.97. The average molecular weight is 213 g/mol. The topological polar surface area (TPSA) is 66.4 Å². The summed E-state index contributed by atoms with van der Waals surface area (Å²) in [4.78, 5) is 10.7. The van der Waals surface area contributed by atoms with E-state index < -0.39 is 23.4 Å². The third-order valence-electron chi connectivity index (χ3n) is 1.51. The van der Waals surface area contributed by atoms with Gasteiger partial charge in [-0.2, -0.15) is 0 Å². The van der Waals surface area contributed by atoms with Gasteiger partial charge >= 0.3 is 0 Å². The van der Waals surface area contributed by atoms with Crippen LogP contribution in [0.1, 0.15) is 0 Å². The number of aliphatic carboxylic acids is 1. The first kappa shape index (κ1) is 10.7. The van der Waals surface area contributed by atoms with Gasteiger partial charge in [0, 0.05) is 22.0 Å². The van der Waals surface area contributed by atoms with E-state index in [-0.39, 0.29) is 0 Å². The molecule has 0 N–H and O–H groups in total. The van der Waals surface area contributed by atoms with Gasteiger partial charge in [0.1, 0.15) is 12.4 Å². The highest BCUT2D eigenvalue weighted by atomic mass is 32.2. The fraction of sp³-hybridized carbons (Fsp3) is 0.222. The predicted octanol–water partition coefficient (Wildman–Crippen LogP) is -0.447. The molecule has 1 aromatic rings. The molecule has 1 rings (SSSR count). The van der Waals surface area contributed by atoms with Crippen molar-refractivity contribution in [1.29, 1.82) is 0 Å². The van der Waals surface area contributed by atoms with Crippen LogP contribution in [0.5, 0.6) is 5.75 Å². The minimum atomic E-state index is -1.27. The van der Waals surface area contributed by atoms with E-state index in [1.54, 1.807) is 30.5 Å². The largest absolute Gasteiger partial charge is 0.546 e. The molecular weight excluding hydrogens is 204 g/mol. The molecule has 0 aliphatic heterocycles. The first-order valence-electron chi connectivity index (χ1n) is 3.86. The molecule has 0 unspecified atom stereocenters. The molecule has 0 saturated heterocycles. The summed E-state index contributed by atoms with van der Waals surface area (Å²) in [5, 5.41) is 10.1. The molecule has 0 aliphatic carbocycles. The lowest BCUT2D eigenvalue weighted by Gasteiger charge is -2.06. The van der Waals surface area contributed by atoms with Crippen molar-refractivity contribution >= 4 is 16.8 Å². The Kier molecular flexibility index (Phi) is 3.64. The van der Waals surface area contributed by atoms with Gasteiger partial charge in [-0.1, -0.05) is 0 Å². The summed E-state index contributed by atoms with van der Waals surface area (Å²) in [5.41, 5.74) is 0. The Hall–Kier alpha value is -1.36. The van der Waals surface area contributed by atoms with Crippen molar-refractivity contribution in [1.82, 2.24) is 0 Å². The number of carbonyl (C=O) groups is 1. The first-order chi connectivity index (χ1) is 6.59. The molecule has 0 spiro atoms. The molecule has 0 aliphatic rings. The van der Waals surface area contributed by atoms with E-state index in [1.807, 2.05) is 0 Å². The van der Waals surface area contributed by atoms with Gasteiger partial charge in [0.15, 0.2) is 0 Å². The summed E-state index contributed by atoms with van der Waals surface area (Å²) in [6.45, 7) is -0.478. The van der Waals surface area contributed by atoms with Crippen LogP contribution in [-0.2, 0) is 15.6 Å². The second-order valence-electron chi connectivity index (χ2n) is 2.59. The lowest BCUT2D eigenvalue weighted by molar-refractivity contribution is -0.307. The van der Waals surface area contributed by atoms with Gasteiger partial charge in [-0.25, -0.2) is 0 Å². The van der Waals surface area contributed by atoms with Gasteiger partial charge < -0.3 is 14.6 Å². The van der Waals surface area contributed by atoms with E-state index >= 15 is 0 Å². The highest BCUT2D eigenvalue weighted by molar-refractivity contribution is 7.84. The van der Waals surface area contributed by atoms with E-state index in [0.29, 0.717) is 10.6 Å². The minimum Gasteiger partial charge on any atom is -0.546 e. The van der Waals surface area contributed by atoms with Crippen molar-refractivity contribution in [2.45, 2.75) is 4.90 Å². The van der Waals surface area contributed by atoms with Crippen LogP contribution in [0.3, 0.4) is 0 Å². The number of carboxylic acid groups (broad SMARTS) is 1. The van der Waals surface area contributed by atoms with Crippen molar-refractivity contribution < 1.29 is 18.8 Å². The van der Waals surface area contributed by atoms with Crippen LogP contribution in [0.15, 0.2) is 29.2 Å². The molecule has 0 aromatic heterocycles. The lowest BCUT2D eigenvalue weighted by Crippen LogP contribution is -2.28. The summed E-state index contributed by atoms with van der Waals surface area (Å²) < 4.78 is 15.8. The van der Waals surface area contributed by atoms with Crippen LogP contribution in [0.25, 0.3) is 0 Å². The molecule has 0 heterocycles. The molecule has 76 valence electrons. The number of carbonyl (C=O) groups excluding carboxylic acids is 1. The number of hydrogen-bond acceptors (Lipinski definition) is 4. The second kappa shape index (κ2) is 4.76. The number of benzene rings is 1. The van der Waals surface area contributed by atoms with Crippen molar-refractivity contribution in [3.05, 3.63) is 24.3 Å². The summed E-state index contributed by atoms with van der Waals surface area (Å²) in [6.07, 6.45) is 1.57. The highest BCUT2D eigenvalue weighted by Crippen LogP contribution is 2.13. The number of ether oxygens (including phenoxy) is 1. The third kappa shape index (κ3) is 3.18. The zero-order chi connectivity index (χ0) is 10.6. The van der Waals surface area contributed by atoms with Gasteiger partial charge in [0.05, 0.1) is 5.97 Å². The Morgan fingerprint density at radius 2 is 2.00 bits per heavy atom. The Morgan fingerprint density at radius 3 is 2.43 bits per heavy atom. The maximum atomic E-state index is 11.0. The summed E-state index contributed by atoms with van der Waals surface area (Å²) in [5.74, 6) is -0.850. The summed E-state index contributed by atoms with van der Waals surface area (Å²) in [7, 11) is -1.03. The van der Waals surface area contributed by atoms with Gasteiger partial charge in [-0.15, -0.1) is 0 Å². The van der Waals surface area contributed by atoms with Crippen LogP contribution in [0.2, 0.25) is 0 Å². The van der Waals surface area contributed by atoms with E-state index in [0.717, 1.165) is 0 Å². The quantitative estimate of drug-likeness (QED) is 0.679. The van der Waals surface area contributed by atoms with E-state index in [9.17, 15) is 14.1 Å². The number of rotatable bonds is 4. The fourth-order valence-electron chi connectivity index (χ4n) is 0.870. The van der Waals surface area contributed by atoms with Gasteiger partial charge in [-0.3, -0.25) is 4.21 Å². The molecule has 5 heteroatoms. The first-order valence-corrected chi connectivity index (χ1v) is 5.41. The van der Waals surface area contributed by atoms with E-state index in [1.165, 1.54) is 0 Å². The van der Waals surface area contributed by atoms with Crippen molar-refractivity contribution in [3.63, 3.8) is 0 Å².